The van der Waals surface area contributed by atoms with Crippen molar-refractivity contribution in [2.45, 2.75) is 13.3 Å². The Hall–Kier alpha value is -1.75. The molecule has 0 aliphatic carbocycles. The first-order valence-electron chi connectivity index (χ1n) is 7.67. The van der Waals surface area contributed by atoms with Gasteiger partial charge in [0.25, 0.3) is 0 Å². The molecule has 7 heteroatoms. The zero-order valence-electron chi connectivity index (χ0n) is 13.4. The lowest BCUT2D eigenvalue weighted by molar-refractivity contribution is -0.122. The fourth-order valence-corrected chi connectivity index (χ4v) is 3.22. The number of amides is 2. The number of carbonyl (C=O) groups excluding carboxylic acids is 2. The van der Waals surface area contributed by atoms with E-state index in [2.05, 4.69) is 5.32 Å². The van der Waals surface area contributed by atoms with Crippen molar-refractivity contribution in [1.29, 1.82) is 0 Å². The normalized spacial score (nSPS) is 17.0. The van der Waals surface area contributed by atoms with E-state index in [1.165, 1.54) is 0 Å². The fourth-order valence-electron chi connectivity index (χ4n) is 2.71. The lowest BCUT2D eigenvalue weighted by Crippen LogP contribution is -2.28. The number of rotatable bonds is 3. The average molecular weight is 398 g/mol. The van der Waals surface area contributed by atoms with E-state index in [9.17, 15) is 9.59 Å². The summed E-state index contributed by atoms with van der Waals surface area (Å²) in [5.41, 5.74) is 2.06. The third-order valence-electron chi connectivity index (χ3n) is 4.15. The number of carbonyl (C=O) groups is 2. The molecule has 1 aliphatic rings. The van der Waals surface area contributed by atoms with Crippen LogP contribution in [0.4, 0.5) is 11.4 Å². The Labute approximate surface area is 160 Å². The molecule has 0 unspecified atom stereocenters. The summed E-state index contributed by atoms with van der Waals surface area (Å²) in [4.78, 5) is 26.4. The SMILES string of the molecule is Cc1ccc(N2C[C@H](C(=O)Nc3cc(Cl)ccc3Cl)CC2=O)cc1Cl. The molecular weight excluding hydrogens is 383 g/mol. The number of hydrogen-bond donors (Lipinski definition) is 1. The molecule has 2 aromatic rings. The Morgan fingerprint density at radius 1 is 1.12 bits per heavy atom. The van der Waals surface area contributed by atoms with Gasteiger partial charge in [-0.05, 0) is 42.8 Å². The Balaban J connectivity index is 1.74. The van der Waals surface area contributed by atoms with Gasteiger partial charge in [-0.15, -0.1) is 0 Å². The van der Waals surface area contributed by atoms with Crippen LogP contribution in [0, 0.1) is 12.8 Å². The van der Waals surface area contributed by atoms with Crippen LogP contribution < -0.4 is 10.2 Å². The van der Waals surface area contributed by atoms with Crippen molar-refractivity contribution in [3.8, 4) is 0 Å². The van der Waals surface area contributed by atoms with Crippen LogP contribution in [0.5, 0.6) is 0 Å². The summed E-state index contributed by atoms with van der Waals surface area (Å²) in [7, 11) is 0. The molecule has 4 nitrogen and oxygen atoms in total. The Bertz CT molecular complexity index is 854. The highest BCUT2D eigenvalue weighted by molar-refractivity contribution is 6.35. The first-order chi connectivity index (χ1) is 11.8. The second-order valence-electron chi connectivity index (χ2n) is 5.95. The molecule has 0 saturated carbocycles. The maximum Gasteiger partial charge on any atom is 0.229 e. The molecular formula is C18H15Cl3N2O2. The lowest BCUT2D eigenvalue weighted by Gasteiger charge is -2.17. The quantitative estimate of drug-likeness (QED) is 0.797. The van der Waals surface area contributed by atoms with Crippen LogP contribution in [-0.2, 0) is 9.59 Å². The molecule has 1 heterocycles. The van der Waals surface area contributed by atoms with E-state index in [-0.39, 0.29) is 18.2 Å². The topological polar surface area (TPSA) is 49.4 Å². The van der Waals surface area contributed by atoms with Crippen molar-refractivity contribution in [3.63, 3.8) is 0 Å². The largest absolute Gasteiger partial charge is 0.324 e. The molecule has 0 aromatic heterocycles. The molecule has 3 rings (SSSR count). The lowest BCUT2D eigenvalue weighted by atomic mass is 10.1. The zero-order valence-corrected chi connectivity index (χ0v) is 15.6. The number of anilines is 2. The summed E-state index contributed by atoms with van der Waals surface area (Å²) in [5.74, 6) is -0.849. The van der Waals surface area contributed by atoms with Crippen molar-refractivity contribution >= 4 is 58.0 Å². The number of benzene rings is 2. The Morgan fingerprint density at radius 3 is 2.60 bits per heavy atom. The highest BCUT2D eigenvalue weighted by atomic mass is 35.5. The van der Waals surface area contributed by atoms with Gasteiger partial charge < -0.3 is 10.2 Å². The van der Waals surface area contributed by atoms with Gasteiger partial charge in [-0.25, -0.2) is 0 Å². The highest BCUT2D eigenvalue weighted by Crippen LogP contribution is 2.31. The molecule has 1 fully saturated rings. The predicted octanol–water partition coefficient (Wildman–Crippen LogP) is 4.95. The van der Waals surface area contributed by atoms with Gasteiger partial charge in [-0.2, -0.15) is 0 Å². The Morgan fingerprint density at radius 2 is 1.88 bits per heavy atom. The van der Waals surface area contributed by atoms with Gasteiger partial charge >= 0.3 is 0 Å². The van der Waals surface area contributed by atoms with E-state index in [0.717, 1.165) is 5.56 Å². The van der Waals surface area contributed by atoms with E-state index < -0.39 is 5.92 Å². The predicted molar refractivity (Wildman–Crippen MR) is 102 cm³/mol. The summed E-state index contributed by atoms with van der Waals surface area (Å²) >= 11 is 18.1. The Kier molecular flexibility index (Phi) is 5.23. The summed E-state index contributed by atoms with van der Waals surface area (Å²) in [5, 5.41) is 4.20. The van der Waals surface area contributed by atoms with Crippen LogP contribution in [0.2, 0.25) is 15.1 Å². The van der Waals surface area contributed by atoms with Crippen molar-refractivity contribution in [3.05, 3.63) is 57.0 Å². The van der Waals surface area contributed by atoms with E-state index in [4.69, 9.17) is 34.8 Å². The van der Waals surface area contributed by atoms with Gasteiger partial charge in [0, 0.05) is 28.7 Å². The van der Waals surface area contributed by atoms with Crippen molar-refractivity contribution in [2.24, 2.45) is 5.92 Å². The molecule has 25 heavy (non-hydrogen) atoms. The molecule has 1 N–H and O–H groups in total. The molecule has 0 spiro atoms. The van der Waals surface area contributed by atoms with E-state index in [1.54, 1.807) is 29.2 Å². The van der Waals surface area contributed by atoms with Crippen molar-refractivity contribution in [1.82, 2.24) is 0 Å². The fraction of sp³-hybridized carbons (Fsp3) is 0.222. The maximum absolute atomic E-state index is 12.5. The molecule has 1 aliphatic heterocycles. The minimum atomic E-state index is -0.470. The second-order valence-corrected chi connectivity index (χ2v) is 7.20. The monoisotopic (exact) mass is 396 g/mol. The van der Waals surface area contributed by atoms with Gasteiger partial charge in [0.2, 0.25) is 11.8 Å². The van der Waals surface area contributed by atoms with Crippen LogP contribution in [0.25, 0.3) is 0 Å². The van der Waals surface area contributed by atoms with Crippen LogP contribution in [0.3, 0.4) is 0 Å². The van der Waals surface area contributed by atoms with Gasteiger partial charge in [0.05, 0.1) is 16.6 Å². The smallest absolute Gasteiger partial charge is 0.229 e. The molecule has 0 bridgehead atoms. The number of hydrogen-bond acceptors (Lipinski definition) is 2. The zero-order chi connectivity index (χ0) is 18.1. The summed E-state index contributed by atoms with van der Waals surface area (Å²) in [6, 6.07) is 10.2. The first-order valence-corrected chi connectivity index (χ1v) is 8.81. The summed E-state index contributed by atoms with van der Waals surface area (Å²) in [6.07, 6.45) is 0.134. The molecule has 2 aromatic carbocycles. The van der Waals surface area contributed by atoms with Crippen LogP contribution in [0.1, 0.15) is 12.0 Å². The third kappa shape index (κ3) is 3.92. The van der Waals surface area contributed by atoms with E-state index in [0.29, 0.717) is 33.0 Å². The van der Waals surface area contributed by atoms with Gasteiger partial charge in [-0.1, -0.05) is 40.9 Å². The minimum Gasteiger partial charge on any atom is -0.324 e. The van der Waals surface area contributed by atoms with Gasteiger partial charge in [0.15, 0.2) is 0 Å². The van der Waals surface area contributed by atoms with Crippen molar-refractivity contribution < 1.29 is 9.59 Å². The molecule has 1 atom stereocenters. The summed E-state index contributed by atoms with van der Waals surface area (Å²) in [6.45, 7) is 2.19. The minimum absolute atomic E-state index is 0.114. The second kappa shape index (κ2) is 7.24. The van der Waals surface area contributed by atoms with Crippen LogP contribution in [-0.4, -0.2) is 18.4 Å². The number of halogens is 3. The van der Waals surface area contributed by atoms with Gasteiger partial charge in [-0.3, -0.25) is 9.59 Å². The number of nitrogens with one attached hydrogen (secondary N) is 1. The number of nitrogens with zero attached hydrogens (tertiary/aromatic N) is 1. The molecule has 130 valence electrons. The molecule has 0 radical (unpaired) electrons. The standard InChI is InChI=1S/C18H15Cl3N2O2/c1-10-2-4-13(8-15(10)21)23-9-11(6-17(23)24)18(25)22-16-7-12(19)3-5-14(16)20/h2-5,7-8,11H,6,9H2,1H3,(H,22,25)/t11-/m1/s1. The maximum atomic E-state index is 12.5. The average Bonchev–Trinajstić information content (AvgIpc) is 2.95. The van der Waals surface area contributed by atoms with Crippen LogP contribution in [0.15, 0.2) is 36.4 Å². The van der Waals surface area contributed by atoms with E-state index in [1.807, 2.05) is 19.1 Å². The first kappa shape index (κ1) is 18.1. The van der Waals surface area contributed by atoms with Crippen LogP contribution >= 0.6 is 34.8 Å². The molecule has 2 amide bonds. The number of aryl methyl sites for hydroxylation is 1. The summed E-state index contributed by atoms with van der Waals surface area (Å²) < 4.78 is 0. The van der Waals surface area contributed by atoms with E-state index >= 15 is 0 Å². The van der Waals surface area contributed by atoms with Gasteiger partial charge in [0.1, 0.15) is 0 Å². The van der Waals surface area contributed by atoms with Crippen molar-refractivity contribution in [2.75, 3.05) is 16.8 Å². The molecule has 1 saturated heterocycles. The third-order valence-corrected chi connectivity index (χ3v) is 5.12. The highest BCUT2D eigenvalue weighted by Gasteiger charge is 2.35.